The van der Waals surface area contributed by atoms with Crippen LogP contribution in [0, 0.1) is 0 Å². The van der Waals surface area contributed by atoms with Crippen LogP contribution in [0.5, 0.6) is 0 Å². The molecule has 1 aliphatic carbocycles. The number of nitrogens with zero attached hydrogens (tertiary/aromatic N) is 4. The van der Waals surface area contributed by atoms with E-state index in [4.69, 9.17) is 28.9 Å². The number of carbonyl (C=O) groups is 1. The molecule has 0 spiro atoms. The average Bonchev–Trinajstić information content (AvgIpc) is 3.44. The summed E-state index contributed by atoms with van der Waals surface area (Å²) in [6.07, 6.45) is 4.63. The molecule has 1 saturated carbocycles. The first-order valence-electron chi connectivity index (χ1n) is 16.4. The highest BCUT2D eigenvalue weighted by Crippen LogP contribution is 2.51. The number of thiazole rings is 2. The molecule has 1 amide bonds. The smallest absolute Gasteiger partial charge is 0.263 e. The summed E-state index contributed by atoms with van der Waals surface area (Å²) in [6, 6.07) is 19.0. The highest BCUT2D eigenvalue weighted by molar-refractivity contribution is 7.93. The topological polar surface area (TPSA) is 180 Å². The Morgan fingerprint density at radius 3 is 1.66 bits per heavy atom. The van der Waals surface area contributed by atoms with Crippen LogP contribution in [0.4, 0.5) is 21.6 Å². The van der Waals surface area contributed by atoms with Crippen LogP contribution in [0.15, 0.2) is 99.7 Å². The van der Waals surface area contributed by atoms with Crippen LogP contribution in [0.25, 0.3) is 0 Å². The maximum atomic E-state index is 13.0. The molecule has 5 N–H and O–H groups in total. The lowest BCUT2D eigenvalue weighted by Gasteiger charge is -2.42. The first-order valence-corrected chi connectivity index (χ1v) is 21.9. The number of nitrogens with one attached hydrogen (secondary N) is 3. The van der Waals surface area contributed by atoms with Crippen molar-refractivity contribution >= 4 is 93.5 Å². The van der Waals surface area contributed by atoms with E-state index in [1.807, 2.05) is 6.07 Å². The van der Waals surface area contributed by atoms with Crippen LogP contribution in [-0.4, -0.2) is 71.0 Å². The van der Waals surface area contributed by atoms with Crippen molar-refractivity contribution in [3.63, 3.8) is 0 Å². The van der Waals surface area contributed by atoms with Gasteiger partial charge in [0.25, 0.3) is 20.0 Å². The van der Waals surface area contributed by atoms with E-state index in [0.29, 0.717) is 33.4 Å². The third-order valence-electron chi connectivity index (χ3n) is 9.09. The fourth-order valence-corrected chi connectivity index (χ4v) is 10.2. The molecule has 2 aliphatic heterocycles. The van der Waals surface area contributed by atoms with E-state index in [9.17, 15) is 21.6 Å². The van der Waals surface area contributed by atoms with Crippen LogP contribution in [0.3, 0.4) is 0 Å². The molecule has 4 heterocycles. The SMILES string of the molecule is NC1CN(c2ccc(S(=O)(=O)Nc3nccs3)cc2)C1.O=C(NC1CN(c2ccc(S(=O)(=O)Nc3nccs3)cc2)C1)C1(c2ccc(Cl)cc2Cl)CC1. The van der Waals surface area contributed by atoms with Crippen LogP contribution in [0.1, 0.15) is 18.4 Å². The molecule has 3 aromatic carbocycles. The third kappa shape index (κ3) is 8.41. The summed E-state index contributed by atoms with van der Waals surface area (Å²) < 4.78 is 54.1. The molecule has 2 saturated heterocycles. The van der Waals surface area contributed by atoms with Gasteiger partial charge in [-0.05, 0) is 79.1 Å². The number of rotatable bonds is 11. The first kappa shape index (κ1) is 37.3. The maximum Gasteiger partial charge on any atom is 0.263 e. The van der Waals surface area contributed by atoms with Gasteiger partial charge in [0.15, 0.2) is 10.3 Å². The Bertz CT molecular complexity index is 2280. The third-order valence-corrected chi connectivity index (χ3v) is 14.0. The van der Waals surface area contributed by atoms with Crippen LogP contribution >= 0.6 is 45.9 Å². The maximum absolute atomic E-state index is 13.0. The fraction of sp³-hybridized carbons (Fsp3) is 0.265. The number of carbonyl (C=O) groups excluding carboxylic acids is 1. The van der Waals surface area contributed by atoms with Gasteiger partial charge in [0, 0.05) is 76.8 Å². The number of benzene rings is 3. The largest absolute Gasteiger partial charge is 0.368 e. The van der Waals surface area contributed by atoms with E-state index in [1.54, 1.807) is 83.8 Å². The Balaban J connectivity index is 0.000000186. The molecular formula is C34H34Cl2N8O5S4. The number of sulfonamides is 2. The number of amides is 1. The van der Waals surface area contributed by atoms with Crippen molar-refractivity contribution in [1.82, 2.24) is 15.3 Å². The molecule has 0 radical (unpaired) electrons. The molecule has 3 aliphatic rings. The second-order valence-corrected chi connectivity index (χ2v) is 18.8. The van der Waals surface area contributed by atoms with E-state index >= 15 is 0 Å². The molecular weight excluding hydrogens is 800 g/mol. The minimum Gasteiger partial charge on any atom is -0.368 e. The zero-order valence-corrected chi connectivity index (χ0v) is 32.6. The van der Waals surface area contributed by atoms with Crippen molar-refractivity contribution in [2.24, 2.45) is 5.73 Å². The number of halogens is 2. The van der Waals surface area contributed by atoms with Gasteiger partial charge < -0.3 is 20.9 Å². The van der Waals surface area contributed by atoms with E-state index in [2.05, 4.69) is 34.5 Å². The quantitative estimate of drug-likeness (QED) is 0.135. The van der Waals surface area contributed by atoms with E-state index in [-0.39, 0.29) is 27.8 Å². The molecule has 19 heteroatoms. The number of anilines is 4. The lowest BCUT2D eigenvalue weighted by Crippen LogP contribution is -2.60. The van der Waals surface area contributed by atoms with Gasteiger partial charge >= 0.3 is 0 Å². The van der Waals surface area contributed by atoms with Gasteiger partial charge in [-0.3, -0.25) is 14.2 Å². The van der Waals surface area contributed by atoms with E-state index < -0.39 is 25.5 Å². The minimum absolute atomic E-state index is 0.00826. The van der Waals surface area contributed by atoms with Crippen molar-refractivity contribution in [1.29, 1.82) is 0 Å². The van der Waals surface area contributed by atoms with Gasteiger partial charge in [0.1, 0.15) is 0 Å². The summed E-state index contributed by atoms with van der Waals surface area (Å²) >= 11 is 14.8. The number of hydrogen-bond donors (Lipinski definition) is 4. The number of hydrogen-bond acceptors (Lipinski definition) is 12. The summed E-state index contributed by atoms with van der Waals surface area (Å²) in [5.41, 5.74) is 7.87. The lowest BCUT2D eigenvalue weighted by atomic mass is 9.94. The standard InChI is InChI=1S/C22H20Cl2N4O3S2.C12H14N4O2S2/c23-14-1-6-18(19(24)11-14)22(7-8-22)20(29)26-15-12-28(13-15)16-2-4-17(5-3-16)33(30,31)27-21-25-9-10-32-21;13-9-7-16(8-9)10-1-3-11(4-2-10)20(17,18)15-12-14-5-6-19-12/h1-6,9-11,15H,7-8,12-13H2,(H,25,27)(H,26,29);1-6,9H,7-8,13H2,(H,14,15). The van der Waals surface area contributed by atoms with Crippen molar-refractivity contribution in [3.8, 4) is 0 Å². The normalized spacial score (nSPS) is 16.8. The Hall–Kier alpha value is -3.97. The monoisotopic (exact) mass is 832 g/mol. The molecule has 8 rings (SSSR count). The highest BCUT2D eigenvalue weighted by atomic mass is 35.5. The van der Waals surface area contributed by atoms with E-state index in [0.717, 1.165) is 42.9 Å². The second-order valence-electron chi connectivity index (χ2n) is 12.8. The van der Waals surface area contributed by atoms with Gasteiger partial charge in [0.05, 0.1) is 21.2 Å². The lowest BCUT2D eigenvalue weighted by molar-refractivity contribution is -0.124. The Morgan fingerprint density at radius 1 is 0.755 bits per heavy atom. The summed E-state index contributed by atoms with van der Waals surface area (Å²) in [6.45, 7) is 2.92. The zero-order chi connectivity index (χ0) is 37.4. The molecule has 13 nitrogen and oxygen atoms in total. The van der Waals surface area contributed by atoms with Crippen molar-refractivity contribution < 1.29 is 21.6 Å². The summed E-state index contributed by atoms with van der Waals surface area (Å²) in [7, 11) is -7.25. The van der Waals surface area contributed by atoms with Gasteiger partial charge in [-0.1, -0.05) is 29.3 Å². The van der Waals surface area contributed by atoms with Crippen molar-refractivity contribution in [2.45, 2.75) is 40.1 Å². The number of aromatic nitrogens is 2. The molecule has 2 aromatic heterocycles. The molecule has 3 fully saturated rings. The predicted octanol–water partition coefficient (Wildman–Crippen LogP) is 5.38. The Labute approximate surface area is 325 Å². The van der Waals surface area contributed by atoms with Gasteiger partial charge in [-0.25, -0.2) is 26.8 Å². The Morgan fingerprint density at radius 2 is 1.25 bits per heavy atom. The molecule has 0 atom stereocenters. The summed E-state index contributed by atoms with van der Waals surface area (Å²) in [4.78, 5) is 25.4. The zero-order valence-electron chi connectivity index (χ0n) is 27.9. The molecule has 0 bridgehead atoms. The van der Waals surface area contributed by atoms with Crippen molar-refractivity contribution in [3.05, 3.63) is 105 Å². The molecule has 278 valence electrons. The number of nitrogens with two attached hydrogens (primary N) is 1. The molecule has 5 aromatic rings. The summed E-state index contributed by atoms with van der Waals surface area (Å²) in [5, 5.41) is 8.31. The molecule has 53 heavy (non-hydrogen) atoms. The van der Waals surface area contributed by atoms with Crippen LogP contribution in [-0.2, 0) is 30.3 Å². The van der Waals surface area contributed by atoms with E-state index in [1.165, 1.54) is 22.7 Å². The van der Waals surface area contributed by atoms with Gasteiger partial charge in [-0.2, -0.15) is 0 Å². The minimum atomic E-state index is -3.68. The Kier molecular flexibility index (Phi) is 10.6. The average molecular weight is 834 g/mol. The van der Waals surface area contributed by atoms with Gasteiger partial charge in [0.2, 0.25) is 5.91 Å². The first-order chi connectivity index (χ1) is 25.3. The van der Waals surface area contributed by atoms with Crippen LogP contribution in [0.2, 0.25) is 10.0 Å². The molecule has 0 unspecified atom stereocenters. The fourth-order valence-electron chi connectivity index (χ4n) is 6.02. The predicted molar refractivity (Wildman–Crippen MR) is 210 cm³/mol. The van der Waals surface area contributed by atoms with Crippen molar-refractivity contribution in [2.75, 3.05) is 45.4 Å². The highest BCUT2D eigenvalue weighted by Gasteiger charge is 2.53. The summed E-state index contributed by atoms with van der Waals surface area (Å²) in [5.74, 6) is -0.00826. The second kappa shape index (κ2) is 15.0. The van der Waals surface area contributed by atoms with Gasteiger partial charge in [-0.15, -0.1) is 22.7 Å². The van der Waals surface area contributed by atoms with Crippen LogP contribution < -0.4 is 30.3 Å².